The molecule has 1 amide bonds. The minimum Gasteiger partial charge on any atom is -0.445 e. The van der Waals surface area contributed by atoms with Crippen molar-refractivity contribution in [3.05, 3.63) is 77.4 Å². The van der Waals surface area contributed by atoms with Gasteiger partial charge in [-0.2, -0.15) is 0 Å². The molecule has 0 aromatic heterocycles. The van der Waals surface area contributed by atoms with E-state index >= 15 is 0 Å². The fourth-order valence-electron chi connectivity index (χ4n) is 5.53. The fourth-order valence-corrected chi connectivity index (χ4v) is 5.53. The third-order valence-electron chi connectivity index (χ3n) is 7.14. The van der Waals surface area contributed by atoms with E-state index in [1.807, 2.05) is 35.2 Å². The Hall–Kier alpha value is -2.79. The molecule has 2 aromatic rings. The Morgan fingerprint density at radius 2 is 1.81 bits per heavy atom. The van der Waals surface area contributed by atoms with Crippen molar-refractivity contribution in [2.24, 2.45) is 0 Å². The van der Waals surface area contributed by atoms with Crippen molar-refractivity contribution in [1.29, 1.82) is 0 Å². The molecule has 0 unspecified atom stereocenters. The van der Waals surface area contributed by atoms with Crippen molar-refractivity contribution >= 4 is 11.8 Å². The molecule has 168 valence electrons. The molecule has 2 saturated heterocycles. The molecule has 5 heteroatoms. The normalized spacial score (nSPS) is 22.5. The van der Waals surface area contributed by atoms with E-state index in [9.17, 15) is 4.79 Å². The number of benzene rings is 2. The largest absolute Gasteiger partial charge is 0.445 e. The van der Waals surface area contributed by atoms with Gasteiger partial charge in [0.15, 0.2) is 0 Å². The number of carbonyl (C=O) groups excluding carboxylic acids is 1. The maximum Gasteiger partial charge on any atom is 0.410 e. The van der Waals surface area contributed by atoms with Crippen molar-refractivity contribution in [1.82, 2.24) is 9.80 Å². The number of piperazine rings is 1. The zero-order chi connectivity index (χ0) is 22.1. The van der Waals surface area contributed by atoms with Crippen molar-refractivity contribution in [2.75, 3.05) is 44.2 Å². The van der Waals surface area contributed by atoms with E-state index in [2.05, 4.69) is 41.5 Å². The highest BCUT2D eigenvalue weighted by atomic mass is 16.6. The summed E-state index contributed by atoms with van der Waals surface area (Å²) in [5, 5.41) is 0. The van der Waals surface area contributed by atoms with Crippen LogP contribution in [0.2, 0.25) is 0 Å². The lowest BCUT2D eigenvalue weighted by atomic mass is 9.96. The van der Waals surface area contributed by atoms with Crippen LogP contribution in [0.5, 0.6) is 0 Å². The van der Waals surface area contributed by atoms with Crippen LogP contribution in [0, 0.1) is 0 Å². The number of hydrogen-bond acceptors (Lipinski definition) is 4. The second-order valence-corrected chi connectivity index (χ2v) is 9.50. The second-order valence-electron chi connectivity index (χ2n) is 9.50. The van der Waals surface area contributed by atoms with Gasteiger partial charge in [-0.25, -0.2) is 4.79 Å². The average molecular weight is 432 g/mol. The number of fused-ring (bicyclic) bond motifs is 5. The minimum atomic E-state index is -0.191. The molecule has 0 radical (unpaired) electrons. The van der Waals surface area contributed by atoms with E-state index < -0.39 is 0 Å². The molecule has 2 heterocycles. The Morgan fingerprint density at radius 1 is 1.03 bits per heavy atom. The highest BCUT2D eigenvalue weighted by Gasteiger charge is 2.41. The van der Waals surface area contributed by atoms with Gasteiger partial charge in [-0.15, -0.1) is 0 Å². The smallest absolute Gasteiger partial charge is 0.410 e. The molecule has 0 N–H and O–H groups in total. The lowest BCUT2D eigenvalue weighted by Gasteiger charge is -2.36. The first-order valence-corrected chi connectivity index (χ1v) is 11.8. The van der Waals surface area contributed by atoms with Gasteiger partial charge in [-0.3, -0.25) is 4.90 Å². The van der Waals surface area contributed by atoms with E-state index in [4.69, 9.17) is 4.74 Å². The molecule has 0 spiro atoms. The van der Waals surface area contributed by atoms with Crippen molar-refractivity contribution in [3.63, 3.8) is 0 Å². The van der Waals surface area contributed by atoms with Gasteiger partial charge < -0.3 is 14.5 Å². The highest BCUT2D eigenvalue weighted by molar-refractivity contribution is 5.70. The van der Waals surface area contributed by atoms with E-state index in [1.54, 1.807) is 0 Å². The molecule has 2 atom stereocenters. The maximum absolute atomic E-state index is 13.0. The average Bonchev–Trinajstić information content (AvgIpc) is 3.09. The SMILES string of the molecule is C=C(C)CN1CCN(c2ccc3c(c2)[C@@H]2C[C@@H]3CCN2C(=O)OCc2ccccc2)CC1. The lowest BCUT2D eigenvalue weighted by Crippen LogP contribution is -2.46. The van der Waals surface area contributed by atoms with Crippen LogP contribution >= 0.6 is 0 Å². The summed E-state index contributed by atoms with van der Waals surface area (Å²) >= 11 is 0. The van der Waals surface area contributed by atoms with Gasteiger partial charge in [0, 0.05) is 45.0 Å². The molecule has 5 rings (SSSR count). The van der Waals surface area contributed by atoms with Crippen LogP contribution in [0.3, 0.4) is 0 Å². The van der Waals surface area contributed by atoms with E-state index in [0.717, 1.165) is 57.7 Å². The Bertz CT molecular complexity index is 982. The number of carbonyl (C=O) groups is 1. The quantitative estimate of drug-likeness (QED) is 0.627. The Kier molecular flexibility index (Phi) is 5.92. The van der Waals surface area contributed by atoms with Gasteiger partial charge >= 0.3 is 6.09 Å². The zero-order valence-corrected chi connectivity index (χ0v) is 19.0. The molecule has 3 aliphatic rings. The topological polar surface area (TPSA) is 36.0 Å². The first-order valence-electron chi connectivity index (χ1n) is 11.8. The summed E-state index contributed by atoms with van der Waals surface area (Å²) < 4.78 is 5.69. The lowest BCUT2D eigenvalue weighted by molar-refractivity contribution is 0.0694. The summed E-state index contributed by atoms with van der Waals surface area (Å²) in [6, 6.07) is 17.0. The molecule has 2 aliphatic heterocycles. The number of hydrogen-bond donors (Lipinski definition) is 0. The van der Waals surface area contributed by atoms with Crippen molar-refractivity contribution in [2.45, 2.75) is 38.3 Å². The number of anilines is 1. The van der Waals surface area contributed by atoms with Crippen LogP contribution < -0.4 is 4.90 Å². The van der Waals surface area contributed by atoms with E-state index in [0.29, 0.717) is 12.5 Å². The summed E-state index contributed by atoms with van der Waals surface area (Å²) in [5.41, 5.74) is 6.28. The van der Waals surface area contributed by atoms with Crippen molar-refractivity contribution < 1.29 is 9.53 Å². The summed E-state index contributed by atoms with van der Waals surface area (Å²) in [7, 11) is 0. The number of nitrogens with zero attached hydrogens (tertiary/aromatic N) is 3. The Morgan fingerprint density at radius 3 is 2.56 bits per heavy atom. The highest BCUT2D eigenvalue weighted by Crippen LogP contribution is 2.50. The Labute approximate surface area is 191 Å². The molecule has 2 bridgehead atoms. The summed E-state index contributed by atoms with van der Waals surface area (Å²) in [4.78, 5) is 19.9. The molecule has 32 heavy (non-hydrogen) atoms. The van der Waals surface area contributed by atoms with Gasteiger partial charge in [0.05, 0.1) is 6.04 Å². The monoisotopic (exact) mass is 431 g/mol. The van der Waals surface area contributed by atoms with Gasteiger partial charge in [0.1, 0.15) is 6.61 Å². The zero-order valence-electron chi connectivity index (χ0n) is 19.0. The Balaban J connectivity index is 1.27. The van der Waals surface area contributed by atoms with Crippen LogP contribution in [-0.4, -0.2) is 55.2 Å². The van der Waals surface area contributed by atoms with Crippen LogP contribution in [0.25, 0.3) is 0 Å². The van der Waals surface area contributed by atoms with Crippen LogP contribution in [0.4, 0.5) is 10.5 Å². The molecule has 1 aliphatic carbocycles. The van der Waals surface area contributed by atoms with Crippen LogP contribution in [0.1, 0.15) is 48.4 Å². The van der Waals surface area contributed by atoms with Crippen LogP contribution in [-0.2, 0) is 11.3 Å². The predicted octanol–water partition coefficient (Wildman–Crippen LogP) is 4.96. The maximum atomic E-state index is 13.0. The summed E-state index contributed by atoms with van der Waals surface area (Å²) in [6.07, 6.45) is 1.85. The second kappa shape index (κ2) is 8.99. The third kappa shape index (κ3) is 4.26. The van der Waals surface area contributed by atoms with Gasteiger partial charge in [0.25, 0.3) is 0 Å². The number of piperidine rings is 1. The van der Waals surface area contributed by atoms with E-state index in [1.165, 1.54) is 22.4 Å². The number of rotatable bonds is 5. The molecule has 5 nitrogen and oxygen atoms in total. The number of likely N-dealkylation sites (tertiary alicyclic amines) is 1. The number of ether oxygens (including phenoxy) is 1. The minimum absolute atomic E-state index is 0.136. The van der Waals surface area contributed by atoms with Crippen molar-refractivity contribution in [3.8, 4) is 0 Å². The van der Waals surface area contributed by atoms with Gasteiger partial charge in [-0.05, 0) is 54.5 Å². The number of amides is 1. The van der Waals surface area contributed by atoms with Crippen LogP contribution in [0.15, 0.2) is 60.7 Å². The van der Waals surface area contributed by atoms with E-state index in [-0.39, 0.29) is 12.1 Å². The molecule has 2 fully saturated rings. The summed E-state index contributed by atoms with van der Waals surface area (Å²) in [6.45, 7) is 12.4. The summed E-state index contributed by atoms with van der Waals surface area (Å²) in [5.74, 6) is 0.564. The van der Waals surface area contributed by atoms with Gasteiger partial charge in [-0.1, -0.05) is 48.6 Å². The first-order chi connectivity index (χ1) is 15.6. The molecular weight excluding hydrogens is 398 g/mol. The first kappa shape index (κ1) is 21.1. The molecule has 0 saturated carbocycles. The third-order valence-corrected chi connectivity index (χ3v) is 7.14. The standard InChI is InChI=1S/C27H33N3O2/c1-20(2)18-28-12-14-29(15-13-28)23-8-9-24-22-10-11-30(26(16-22)25(24)17-23)27(31)32-19-21-6-4-3-5-7-21/h3-9,17,22,26H,1,10-16,18-19H2,2H3/t22-,26-/m0/s1. The predicted molar refractivity (Wildman–Crippen MR) is 128 cm³/mol. The molecule has 2 aromatic carbocycles. The van der Waals surface area contributed by atoms with Gasteiger partial charge in [0.2, 0.25) is 0 Å². The molecular formula is C27H33N3O2. The fraction of sp³-hybridized carbons (Fsp3) is 0.444.